The van der Waals surface area contributed by atoms with Crippen molar-refractivity contribution in [2.75, 3.05) is 4.90 Å². The first-order valence-corrected chi connectivity index (χ1v) is 29.9. The van der Waals surface area contributed by atoms with Crippen molar-refractivity contribution >= 4 is 138 Å². The maximum absolute atomic E-state index is 7.00. The zero-order valence-electron chi connectivity index (χ0n) is 48.3. The molecule has 16 aromatic rings. The van der Waals surface area contributed by atoms with E-state index in [0.717, 1.165) is 88.6 Å². The minimum atomic E-state index is -0.126. The van der Waals surface area contributed by atoms with Crippen LogP contribution in [0, 0.1) is 0 Å². The highest BCUT2D eigenvalue weighted by atomic mass is 16.3. The molecule has 18 rings (SSSR count). The summed E-state index contributed by atoms with van der Waals surface area (Å²) in [6.07, 6.45) is 0. The van der Waals surface area contributed by atoms with Crippen molar-refractivity contribution in [3.8, 4) is 39.1 Å². The summed E-state index contributed by atoms with van der Waals surface area (Å²) < 4.78 is 16.7. The molecule has 0 aliphatic carbocycles. The van der Waals surface area contributed by atoms with Crippen LogP contribution < -0.4 is 21.3 Å². The van der Waals surface area contributed by atoms with E-state index in [-0.39, 0.29) is 17.5 Å². The van der Waals surface area contributed by atoms with Crippen LogP contribution in [0.25, 0.3) is 137 Å². The van der Waals surface area contributed by atoms with Crippen molar-refractivity contribution in [2.24, 2.45) is 0 Å². The molecule has 2 aliphatic rings. The van der Waals surface area contributed by atoms with Gasteiger partial charge in [-0.25, -0.2) is 0 Å². The number of para-hydroxylation sites is 5. The van der Waals surface area contributed by atoms with Crippen LogP contribution >= 0.6 is 0 Å². The highest BCUT2D eigenvalue weighted by Crippen LogP contribution is 2.52. The van der Waals surface area contributed by atoms with Gasteiger partial charge < -0.3 is 18.3 Å². The van der Waals surface area contributed by atoms with Crippen molar-refractivity contribution in [2.45, 2.75) is 52.4 Å². The van der Waals surface area contributed by atoms with E-state index in [1.165, 1.54) is 93.0 Å². The average molecular weight is 1090 g/mol. The summed E-state index contributed by atoms with van der Waals surface area (Å²) in [5.74, 6) is 0. The van der Waals surface area contributed by atoms with E-state index in [4.69, 9.17) is 8.83 Å². The number of hydrogen-bond donors (Lipinski definition) is 0. The quantitative estimate of drug-likeness (QED) is 0.130. The number of nitrogens with zero attached hydrogens (tertiary/aromatic N) is 2. The second-order valence-electron chi connectivity index (χ2n) is 25.9. The second kappa shape index (κ2) is 17.2. The van der Waals surface area contributed by atoms with Crippen LogP contribution in [-0.4, -0.2) is 11.3 Å². The number of fused-ring (bicyclic) bond motifs is 20. The van der Waals surface area contributed by atoms with Crippen LogP contribution in [0.5, 0.6) is 0 Å². The molecule has 0 saturated carbocycles. The zero-order chi connectivity index (χ0) is 56.8. The smallest absolute Gasteiger partial charge is 0.252 e. The van der Waals surface area contributed by atoms with E-state index < -0.39 is 0 Å². The first kappa shape index (κ1) is 48.4. The fourth-order valence-corrected chi connectivity index (χ4v) is 15.2. The minimum absolute atomic E-state index is 0.0293. The van der Waals surface area contributed by atoms with Crippen LogP contribution in [-0.2, 0) is 10.8 Å². The second-order valence-corrected chi connectivity index (χ2v) is 25.9. The molecule has 85 heavy (non-hydrogen) atoms. The highest BCUT2D eigenvalue weighted by molar-refractivity contribution is 7.00. The summed E-state index contributed by atoms with van der Waals surface area (Å²) in [5.41, 5.74) is 23.4. The minimum Gasteiger partial charge on any atom is -0.455 e. The summed E-state index contributed by atoms with van der Waals surface area (Å²) in [4.78, 5) is 2.59. The van der Waals surface area contributed by atoms with Gasteiger partial charge in [0.2, 0.25) is 0 Å². The van der Waals surface area contributed by atoms with Gasteiger partial charge in [-0.15, -0.1) is 0 Å². The Morgan fingerprint density at radius 1 is 0.353 bits per heavy atom. The van der Waals surface area contributed by atoms with E-state index in [9.17, 15) is 0 Å². The third kappa shape index (κ3) is 6.75. The van der Waals surface area contributed by atoms with E-state index in [2.05, 4.69) is 288 Å². The Kier molecular flexibility index (Phi) is 9.83. The largest absolute Gasteiger partial charge is 0.455 e. The van der Waals surface area contributed by atoms with E-state index in [0.29, 0.717) is 0 Å². The molecule has 0 unspecified atom stereocenters. The predicted molar refractivity (Wildman–Crippen MR) is 361 cm³/mol. The maximum Gasteiger partial charge on any atom is 0.252 e. The lowest BCUT2D eigenvalue weighted by molar-refractivity contribution is 0.590. The van der Waals surface area contributed by atoms with E-state index in [1.807, 2.05) is 0 Å². The molecule has 0 atom stereocenters. The van der Waals surface area contributed by atoms with E-state index in [1.54, 1.807) is 0 Å². The Hall–Kier alpha value is -10.1. The summed E-state index contributed by atoms with van der Waals surface area (Å²) in [5, 5.41) is 14.6. The van der Waals surface area contributed by atoms with Crippen molar-refractivity contribution in [3.63, 3.8) is 0 Å². The first-order valence-electron chi connectivity index (χ1n) is 29.9. The molecule has 2 aliphatic heterocycles. The zero-order valence-corrected chi connectivity index (χ0v) is 48.3. The number of benzene rings is 13. The fourth-order valence-electron chi connectivity index (χ4n) is 15.2. The Balaban J connectivity index is 1.04. The van der Waals surface area contributed by atoms with Crippen LogP contribution in [0.1, 0.15) is 52.7 Å². The van der Waals surface area contributed by atoms with Crippen LogP contribution in [0.3, 0.4) is 0 Å². The lowest BCUT2D eigenvalue weighted by Gasteiger charge is -2.41. The van der Waals surface area contributed by atoms with Crippen LogP contribution in [0.2, 0.25) is 0 Å². The molecule has 0 spiro atoms. The number of hydrogen-bond acceptors (Lipinski definition) is 3. The third-order valence-corrected chi connectivity index (χ3v) is 19.1. The van der Waals surface area contributed by atoms with Crippen molar-refractivity contribution in [3.05, 3.63) is 248 Å². The molecule has 0 saturated heterocycles. The standard InChI is InChI=1S/C80H57BN2O2/c1-79(2,3)47-36-39-49(40-37-47)82-67-41-38-48(80(4,5)6)44-64(67)81-65-45-63-52-22-8-7-20-50(52)51-21-9-10-25-55(51)73(63)74-62-26-11-14-33-66(62)83(76(65)74)69-43-46(42-68(82)75(69)81)72-56(60-31-18-29-58-53-23-12-15-34-70(53)84-77(58)60)27-17-28-57(72)61-32-19-30-59-54-24-13-16-35-71(54)85-78(59)61/h7-45H,1-6H3. The van der Waals surface area contributed by atoms with Gasteiger partial charge >= 0.3 is 0 Å². The highest BCUT2D eigenvalue weighted by Gasteiger charge is 2.44. The monoisotopic (exact) mass is 1090 g/mol. The van der Waals surface area contributed by atoms with Gasteiger partial charge in [0.1, 0.15) is 22.3 Å². The lowest BCUT2D eigenvalue weighted by Crippen LogP contribution is -2.60. The summed E-state index contributed by atoms with van der Waals surface area (Å²) in [6.45, 7) is 13.8. The molecule has 0 N–H and O–H groups in total. The SMILES string of the molecule is CC(C)(C)c1ccc(N2c3ccc(C(C)(C)C)cc3B3c4c2cc(-c2c(-c5cccc6c5oc5ccccc56)cccc2-c2cccc5c2oc2ccccc25)cc4-n2c4ccccc4c4c5c6ccccc6c6ccccc6c5cc3c42)cc1. The number of furan rings is 2. The lowest BCUT2D eigenvalue weighted by atomic mass is 9.33. The van der Waals surface area contributed by atoms with Crippen molar-refractivity contribution in [1.82, 2.24) is 4.57 Å². The molecule has 402 valence electrons. The predicted octanol–water partition coefficient (Wildman–Crippen LogP) is 20.3. The molecular weight excluding hydrogens is 1030 g/mol. The summed E-state index contributed by atoms with van der Waals surface area (Å²) in [7, 11) is 0. The van der Waals surface area contributed by atoms with Crippen molar-refractivity contribution < 1.29 is 8.83 Å². The third-order valence-electron chi connectivity index (χ3n) is 19.1. The fraction of sp³-hybridized carbons (Fsp3) is 0.100. The Morgan fingerprint density at radius 2 is 0.847 bits per heavy atom. The summed E-state index contributed by atoms with van der Waals surface area (Å²) >= 11 is 0. The van der Waals surface area contributed by atoms with Gasteiger partial charge in [0.25, 0.3) is 6.71 Å². The normalized spacial score (nSPS) is 13.2. The molecule has 13 aromatic carbocycles. The Morgan fingerprint density at radius 3 is 1.47 bits per heavy atom. The number of anilines is 3. The molecule has 0 bridgehead atoms. The molecule has 3 aromatic heterocycles. The van der Waals surface area contributed by atoms with Gasteiger partial charge in [0.15, 0.2) is 0 Å². The Bertz CT molecular complexity index is 5450. The summed E-state index contributed by atoms with van der Waals surface area (Å²) in [6, 6.07) is 88.8. The molecule has 4 nitrogen and oxygen atoms in total. The van der Waals surface area contributed by atoms with Crippen LogP contribution in [0.15, 0.2) is 245 Å². The molecule has 0 radical (unpaired) electrons. The molecule has 5 heteroatoms. The maximum atomic E-state index is 7.00. The molecular formula is C80H57BN2O2. The topological polar surface area (TPSA) is 34.5 Å². The molecule has 5 heterocycles. The van der Waals surface area contributed by atoms with Gasteiger partial charge in [0, 0.05) is 71.6 Å². The number of rotatable bonds is 4. The first-order chi connectivity index (χ1) is 41.5. The average Bonchev–Trinajstić information content (AvgIpc) is 1.83. The number of aromatic nitrogens is 1. The van der Waals surface area contributed by atoms with Gasteiger partial charge in [-0.1, -0.05) is 230 Å². The van der Waals surface area contributed by atoms with Gasteiger partial charge in [-0.2, -0.15) is 0 Å². The van der Waals surface area contributed by atoms with Gasteiger partial charge in [0.05, 0.1) is 11.0 Å². The molecule has 0 amide bonds. The Labute approximate surface area is 492 Å². The van der Waals surface area contributed by atoms with E-state index >= 15 is 0 Å². The molecule has 0 fully saturated rings. The van der Waals surface area contributed by atoms with Crippen molar-refractivity contribution in [1.29, 1.82) is 0 Å². The van der Waals surface area contributed by atoms with Crippen LogP contribution in [0.4, 0.5) is 17.1 Å². The van der Waals surface area contributed by atoms with Gasteiger partial charge in [-0.05, 0) is 136 Å². The van der Waals surface area contributed by atoms with Gasteiger partial charge in [-0.3, -0.25) is 0 Å².